The van der Waals surface area contributed by atoms with E-state index in [1.54, 1.807) is 18.2 Å². The van der Waals surface area contributed by atoms with Gasteiger partial charge in [0.1, 0.15) is 5.60 Å². The zero-order valence-corrected chi connectivity index (χ0v) is 26.1. The summed E-state index contributed by atoms with van der Waals surface area (Å²) in [6.45, 7) is 1.41. The van der Waals surface area contributed by atoms with E-state index < -0.39 is 51.4 Å². The first kappa shape index (κ1) is 32.1. The van der Waals surface area contributed by atoms with Crippen LogP contribution in [0.25, 0.3) is 11.1 Å². The van der Waals surface area contributed by atoms with E-state index in [1.165, 1.54) is 33.2 Å². The highest BCUT2D eigenvalue weighted by atomic mass is 32.2. The van der Waals surface area contributed by atoms with Crippen LogP contribution in [0.2, 0.25) is 0 Å². The number of fused-ring (bicyclic) bond motifs is 4. The molecule has 2 aromatic carbocycles. The first-order valence-corrected chi connectivity index (χ1v) is 16.6. The maximum atomic E-state index is 15.2. The van der Waals surface area contributed by atoms with Crippen molar-refractivity contribution in [1.29, 1.82) is 0 Å². The lowest BCUT2D eigenvalue weighted by molar-refractivity contribution is -0.362. The van der Waals surface area contributed by atoms with Crippen molar-refractivity contribution in [3.8, 4) is 11.1 Å². The lowest BCUT2D eigenvalue weighted by Gasteiger charge is -2.56. The van der Waals surface area contributed by atoms with Crippen molar-refractivity contribution in [1.82, 2.24) is 4.31 Å². The quantitative estimate of drug-likeness (QED) is 0.342. The number of carbonyl (C=O) groups is 1. The number of nitrogens with zero attached hydrogens (tertiary/aromatic N) is 1. The van der Waals surface area contributed by atoms with Gasteiger partial charge < -0.3 is 5.11 Å². The molecular weight excluding hydrogens is 613 g/mol. The van der Waals surface area contributed by atoms with Crippen LogP contribution in [0.3, 0.4) is 0 Å². The average Bonchev–Trinajstić information content (AvgIpc) is 3.27. The van der Waals surface area contributed by atoms with Gasteiger partial charge in [-0.2, -0.15) is 22.0 Å². The number of sulfonamides is 1. The van der Waals surface area contributed by atoms with E-state index >= 15 is 8.78 Å². The van der Waals surface area contributed by atoms with Gasteiger partial charge in [-0.1, -0.05) is 48.9 Å². The molecule has 0 bridgehead atoms. The molecule has 4 aliphatic carbocycles. The summed E-state index contributed by atoms with van der Waals surface area (Å²) in [5.74, 6) is -6.65. The van der Waals surface area contributed by atoms with Crippen LogP contribution in [0, 0.1) is 17.3 Å². The highest BCUT2D eigenvalue weighted by Crippen LogP contribution is 2.70. The lowest BCUT2D eigenvalue weighted by atomic mass is 9.50. The number of alkyl halides is 5. The van der Waals surface area contributed by atoms with Crippen molar-refractivity contribution in [2.45, 2.75) is 80.4 Å². The van der Waals surface area contributed by atoms with Gasteiger partial charge in [0.2, 0.25) is 10.0 Å². The van der Waals surface area contributed by atoms with Gasteiger partial charge in [0.25, 0.3) is 0 Å². The SMILES string of the molecule is CN(C)S(=O)(=O)c1ccc(-c2ccc([C@H]3C[C@@]4(C)[C@@H](CC[C@@]4(O)C(F)(F)C(F)(F)F)[C@@H]4CCC5=CC(=O)CCC5=C43)cc2)cc1. The molecule has 6 rings (SSSR count). The van der Waals surface area contributed by atoms with Crippen LogP contribution in [0.15, 0.2) is 76.2 Å². The zero-order valence-electron chi connectivity index (χ0n) is 25.3. The number of aliphatic hydroxyl groups is 1. The summed E-state index contributed by atoms with van der Waals surface area (Å²) >= 11 is 0. The van der Waals surface area contributed by atoms with Crippen LogP contribution in [0.1, 0.15) is 63.4 Å². The Kier molecular flexibility index (Phi) is 7.53. The minimum absolute atomic E-state index is 0.0267. The number of hydrogen-bond donors (Lipinski definition) is 1. The maximum Gasteiger partial charge on any atom is 0.456 e. The molecule has 2 fully saturated rings. The predicted molar refractivity (Wildman–Crippen MR) is 159 cm³/mol. The molecule has 0 aromatic heterocycles. The lowest BCUT2D eigenvalue weighted by Crippen LogP contribution is -2.65. The number of benzene rings is 2. The fourth-order valence-electron chi connectivity index (χ4n) is 8.65. The van der Waals surface area contributed by atoms with Gasteiger partial charge in [0, 0.05) is 31.8 Å². The van der Waals surface area contributed by atoms with Gasteiger partial charge in [0.15, 0.2) is 5.78 Å². The van der Waals surface area contributed by atoms with Crippen LogP contribution in [-0.2, 0) is 14.8 Å². The maximum absolute atomic E-state index is 15.2. The van der Waals surface area contributed by atoms with Crippen molar-refractivity contribution in [2.24, 2.45) is 17.3 Å². The molecule has 0 amide bonds. The third-order valence-corrected chi connectivity index (χ3v) is 12.9. The van der Waals surface area contributed by atoms with Gasteiger partial charge >= 0.3 is 12.1 Å². The number of hydrogen-bond acceptors (Lipinski definition) is 4. The summed E-state index contributed by atoms with van der Waals surface area (Å²) in [5, 5.41) is 11.4. The molecule has 0 radical (unpaired) electrons. The molecule has 0 spiro atoms. The molecule has 0 heterocycles. The molecule has 242 valence electrons. The van der Waals surface area contributed by atoms with Crippen molar-refractivity contribution in [2.75, 3.05) is 14.1 Å². The second-order valence-corrected chi connectivity index (χ2v) is 15.6. The monoisotopic (exact) mass is 649 g/mol. The van der Waals surface area contributed by atoms with Gasteiger partial charge in [-0.25, -0.2) is 12.7 Å². The number of allylic oxidation sites excluding steroid dienone is 4. The Morgan fingerprint density at radius 2 is 1.49 bits per heavy atom. The summed E-state index contributed by atoms with van der Waals surface area (Å²) in [7, 11) is -0.710. The summed E-state index contributed by atoms with van der Waals surface area (Å²) in [6, 6.07) is 13.7. The van der Waals surface area contributed by atoms with Crippen LogP contribution >= 0.6 is 0 Å². The van der Waals surface area contributed by atoms with Crippen molar-refractivity contribution >= 4 is 15.8 Å². The molecule has 2 aromatic rings. The second kappa shape index (κ2) is 10.6. The number of halogens is 5. The fourth-order valence-corrected chi connectivity index (χ4v) is 9.55. The van der Waals surface area contributed by atoms with E-state index in [4.69, 9.17) is 0 Å². The zero-order chi connectivity index (χ0) is 32.7. The Balaban J connectivity index is 1.43. The fraction of sp³-hybridized carbons (Fsp3) is 0.500. The Labute approximate surface area is 259 Å². The Bertz CT molecular complexity index is 1690. The van der Waals surface area contributed by atoms with E-state index in [9.17, 15) is 31.5 Å². The summed E-state index contributed by atoms with van der Waals surface area (Å²) in [6.07, 6.45) is -3.05. The van der Waals surface area contributed by atoms with E-state index in [0.29, 0.717) is 25.7 Å². The second-order valence-electron chi connectivity index (χ2n) is 13.4. The van der Waals surface area contributed by atoms with E-state index in [2.05, 4.69) is 0 Å². The average molecular weight is 650 g/mol. The molecular formula is C34H36F5NO4S. The highest BCUT2D eigenvalue weighted by molar-refractivity contribution is 7.89. The van der Waals surface area contributed by atoms with Crippen molar-refractivity contribution in [3.63, 3.8) is 0 Å². The molecule has 5 atom stereocenters. The molecule has 0 aliphatic heterocycles. The van der Waals surface area contributed by atoms with Crippen LogP contribution in [0.5, 0.6) is 0 Å². The summed E-state index contributed by atoms with van der Waals surface area (Å²) < 4.78 is 97.9. The highest BCUT2D eigenvalue weighted by Gasteiger charge is 2.79. The van der Waals surface area contributed by atoms with Gasteiger partial charge in [-0.15, -0.1) is 0 Å². The molecule has 45 heavy (non-hydrogen) atoms. The smallest absolute Gasteiger partial charge is 0.383 e. The minimum Gasteiger partial charge on any atom is -0.383 e. The largest absolute Gasteiger partial charge is 0.456 e. The topological polar surface area (TPSA) is 74.7 Å². The third-order valence-electron chi connectivity index (χ3n) is 11.0. The molecule has 11 heteroatoms. The van der Waals surface area contributed by atoms with Crippen molar-refractivity contribution < 1.29 is 40.3 Å². The number of carbonyl (C=O) groups excluding carboxylic acids is 1. The predicted octanol–water partition coefficient (Wildman–Crippen LogP) is 7.43. The van der Waals surface area contributed by atoms with Gasteiger partial charge in [0.05, 0.1) is 4.90 Å². The normalized spacial score (nSPS) is 30.6. The van der Waals surface area contributed by atoms with Crippen LogP contribution in [0.4, 0.5) is 22.0 Å². The Morgan fingerprint density at radius 1 is 0.889 bits per heavy atom. The number of rotatable bonds is 5. The number of ketones is 1. The van der Waals surface area contributed by atoms with Crippen LogP contribution < -0.4 is 0 Å². The molecule has 4 aliphatic rings. The Morgan fingerprint density at radius 3 is 2.07 bits per heavy atom. The van der Waals surface area contributed by atoms with E-state index in [0.717, 1.165) is 37.7 Å². The minimum atomic E-state index is -5.90. The summed E-state index contributed by atoms with van der Waals surface area (Å²) in [5.41, 5.74) is 0.220. The van der Waals surface area contributed by atoms with Gasteiger partial charge in [-0.05, 0) is 96.4 Å². The summed E-state index contributed by atoms with van der Waals surface area (Å²) in [4.78, 5) is 12.4. The standard InChI is InChI=1S/C34H36F5NO4S/c1-31-19-28(22-6-4-20(5-7-22)21-8-12-25(13-9-21)45(43,44)40(2)3)30-26-15-11-24(41)18-23(26)10-14-27(30)29(31)16-17-32(31,42)33(35,36)34(37,38)39/h4-9,12-13,18,27-29,42H,10-11,14-17,19H2,1-3H3/t27-,28+,29-,31-,32-/m0/s1. The molecule has 1 N–H and O–H groups in total. The first-order valence-electron chi connectivity index (χ1n) is 15.2. The van der Waals surface area contributed by atoms with Gasteiger partial charge in [-0.3, -0.25) is 4.79 Å². The van der Waals surface area contributed by atoms with E-state index in [1.807, 2.05) is 24.3 Å². The molecule has 5 nitrogen and oxygen atoms in total. The van der Waals surface area contributed by atoms with Crippen molar-refractivity contribution in [3.05, 3.63) is 76.9 Å². The molecule has 0 unspecified atom stereocenters. The first-order chi connectivity index (χ1) is 20.9. The van der Waals surface area contributed by atoms with E-state index in [-0.39, 0.29) is 29.4 Å². The van der Waals surface area contributed by atoms with Crippen LogP contribution in [-0.4, -0.2) is 55.4 Å². The molecule has 0 saturated heterocycles. The third kappa shape index (κ3) is 4.75. The molecule has 2 saturated carbocycles. The Hall–Kier alpha value is -2.89.